The van der Waals surface area contributed by atoms with E-state index in [2.05, 4.69) is 16.9 Å². The van der Waals surface area contributed by atoms with Gasteiger partial charge in [0, 0.05) is 11.1 Å². The molecule has 0 atom stereocenters. The van der Waals surface area contributed by atoms with E-state index in [0.717, 1.165) is 29.2 Å². The van der Waals surface area contributed by atoms with E-state index in [1.54, 1.807) is 17.5 Å². The number of thiazole rings is 1. The van der Waals surface area contributed by atoms with E-state index >= 15 is 0 Å². The molecule has 4 heteroatoms. The molecule has 0 aliphatic rings. The first-order chi connectivity index (χ1) is 7.85. The van der Waals surface area contributed by atoms with Crippen LogP contribution in [-0.4, -0.2) is 16.5 Å². The zero-order valence-electron chi connectivity index (χ0n) is 9.31. The molecule has 3 nitrogen and oxygen atoms in total. The minimum atomic E-state index is 0.658. The summed E-state index contributed by atoms with van der Waals surface area (Å²) in [7, 11) is 0. The van der Waals surface area contributed by atoms with Gasteiger partial charge < -0.3 is 5.73 Å². The molecule has 2 N–H and O–H groups in total. The van der Waals surface area contributed by atoms with Gasteiger partial charge in [-0.05, 0) is 31.5 Å². The van der Waals surface area contributed by atoms with Crippen LogP contribution in [0.4, 0.5) is 0 Å². The van der Waals surface area contributed by atoms with Crippen LogP contribution >= 0.6 is 11.3 Å². The van der Waals surface area contributed by atoms with Gasteiger partial charge in [-0.15, -0.1) is 11.3 Å². The molecule has 0 aliphatic heterocycles. The number of hydrogen-bond donors (Lipinski definition) is 1. The van der Waals surface area contributed by atoms with Crippen molar-refractivity contribution in [3.8, 4) is 11.4 Å². The molecule has 0 aliphatic carbocycles. The molecule has 0 fully saturated rings. The number of aromatic nitrogens is 2. The van der Waals surface area contributed by atoms with Gasteiger partial charge in [-0.2, -0.15) is 0 Å². The third kappa shape index (κ3) is 2.28. The Morgan fingerprint density at radius 3 is 2.88 bits per heavy atom. The van der Waals surface area contributed by atoms with Crippen LogP contribution in [0.25, 0.3) is 11.4 Å². The van der Waals surface area contributed by atoms with E-state index in [4.69, 9.17) is 5.73 Å². The molecule has 0 saturated carbocycles. The maximum atomic E-state index is 5.62. The van der Waals surface area contributed by atoms with Crippen LogP contribution < -0.4 is 5.73 Å². The lowest BCUT2D eigenvalue weighted by molar-refractivity contribution is 0.982. The average Bonchev–Trinajstić information content (AvgIpc) is 2.74. The van der Waals surface area contributed by atoms with Gasteiger partial charge in [0.05, 0.1) is 10.7 Å². The fourth-order valence-electron chi connectivity index (χ4n) is 1.56. The van der Waals surface area contributed by atoms with Gasteiger partial charge in [-0.25, -0.2) is 4.98 Å². The van der Waals surface area contributed by atoms with Gasteiger partial charge in [0.25, 0.3) is 0 Å². The third-order valence-corrected chi connectivity index (χ3v) is 3.58. The maximum absolute atomic E-state index is 5.62. The first kappa shape index (κ1) is 11.2. The summed E-state index contributed by atoms with van der Waals surface area (Å²) in [6.07, 6.45) is 3.64. The Morgan fingerprint density at radius 2 is 2.25 bits per heavy atom. The summed E-state index contributed by atoms with van der Waals surface area (Å²) < 4.78 is 0. The van der Waals surface area contributed by atoms with Crippen LogP contribution in [0, 0.1) is 0 Å². The van der Waals surface area contributed by atoms with Gasteiger partial charge in [-0.1, -0.05) is 13.0 Å². The van der Waals surface area contributed by atoms with Gasteiger partial charge in [0.15, 0.2) is 0 Å². The predicted octanol–water partition coefficient (Wildman–Crippen LogP) is 2.27. The molecule has 84 valence electrons. The molecule has 0 aromatic carbocycles. The Hall–Kier alpha value is -1.26. The highest BCUT2D eigenvalue weighted by molar-refractivity contribution is 7.12. The van der Waals surface area contributed by atoms with Crippen molar-refractivity contribution in [2.45, 2.75) is 19.8 Å². The molecule has 16 heavy (non-hydrogen) atoms. The Bertz CT molecular complexity index is 451. The normalized spacial score (nSPS) is 10.6. The number of pyridine rings is 1. The predicted molar refractivity (Wildman–Crippen MR) is 67.5 cm³/mol. The first-order valence-corrected chi connectivity index (χ1v) is 6.26. The van der Waals surface area contributed by atoms with Crippen LogP contribution in [-0.2, 0) is 12.8 Å². The van der Waals surface area contributed by atoms with Crippen molar-refractivity contribution < 1.29 is 0 Å². The second kappa shape index (κ2) is 5.18. The SMILES string of the molecule is CCc1nc(-c2ccccn2)c(CCN)s1. The van der Waals surface area contributed by atoms with Crippen LogP contribution in [0.15, 0.2) is 24.4 Å². The van der Waals surface area contributed by atoms with E-state index in [1.165, 1.54) is 4.88 Å². The number of nitrogens with two attached hydrogens (primary N) is 1. The van der Waals surface area contributed by atoms with E-state index in [-0.39, 0.29) is 0 Å². The lowest BCUT2D eigenvalue weighted by Gasteiger charge is -1.99. The van der Waals surface area contributed by atoms with Gasteiger partial charge >= 0.3 is 0 Å². The second-order valence-electron chi connectivity index (χ2n) is 3.49. The van der Waals surface area contributed by atoms with Gasteiger partial charge in [0.1, 0.15) is 5.69 Å². The van der Waals surface area contributed by atoms with E-state index in [0.29, 0.717) is 6.54 Å². The molecule has 2 aromatic heterocycles. The standard InChI is InChI=1S/C12H15N3S/c1-2-11-15-12(10(16-11)6-7-13)9-5-3-4-8-14-9/h3-5,8H,2,6-7,13H2,1H3. The molecule has 0 amide bonds. The maximum Gasteiger partial charge on any atom is 0.103 e. The first-order valence-electron chi connectivity index (χ1n) is 5.45. The van der Waals surface area contributed by atoms with Crippen molar-refractivity contribution in [3.63, 3.8) is 0 Å². The Labute approximate surface area is 99.4 Å². The third-order valence-electron chi connectivity index (χ3n) is 2.32. The summed E-state index contributed by atoms with van der Waals surface area (Å²) in [6, 6.07) is 5.90. The Morgan fingerprint density at radius 1 is 1.38 bits per heavy atom. The average molecular weight is 233 g/mol. The summed E-state index contributed by atoms with van der Waals surface area (Å²) in [5.41, 5.74) is 7.57. The Balaban J connectivity index is 2.42. The van der Waals surface area contributed by atoms with Crippen LogP contribution in [0.1, 0.15) is 16.8 Å². The van der Waals surface area contributed by atoms with Crippen molar-refractivity contribution in [1.82, 2.24) is 9.97 Å². The second-order valence-corrected chi connectivity index (χ2v) is 4.65. The number of nitrogens with zero attached hydrogens (tertiary/aromatic N) is 2. The highest BCUT2D eigenvalue weighted by Gasteiger charge is 2.12. The summed E-state index contributed by atoms with van der Waals surface area (Å²) >= 11 is 1.75. The minimum absolute atomic E-state index is 0.658. The van der Waals surface area contributed by atoms with Crippen molar-refractivity contribution >= 4 is 11.3 Å². The van der Waals surface area contributed by atoms with Crippen molar-refractivity contribution in [1.29, 1.82) is 0 Å². The summed E-state index contributed by atoms with van der Waals surface area (Å²) in [5.74, 6) is 0. The molecule has 2 heterocycles. The molecule has 0 spiro atoms. The zero-order chi connectivity index (χ0) is 11.4. The van der Waals surface area contributed by atoms with Crippen LogP contribution in [0.5, 0.6) is 0 Å². The molecule has 0 unspecified atom stereocenters. The smallest absolute Gasteiger partial charge is 0.103 e. The van der Waals surface area contributed by atoms with Crippen molar-refractivity contribution in [2.24, 2.45) is 5.73 Å². The number of aryl methyl sites for hydroxylation is 1. The molecule has 0 saturated heterocycles. The monoisotopic (exact) mass is 233 g/mol. The fourth-order valence-corrected chi connectivity index (χ4v) is 2.59. The lowest BCUT2D eigenvalue weighted by atomic mass is 10.2. The molecular formula is C12H15N3S. The molecule has 0 radical (unpaired) electrons. The summed E-state index contributed by atoms with van der Waals surface area (Å²) in [6.45, 7) is 2.78. The molecule has 2 rings (SSSR count). The Kier molecular flexibility index (Phi) is 3.64. The highest BCUT2D eigenvalue weighted by Crippen LogP contribution is 2.27. The van der Waals surface area contributed by atoms with E-state index in [1.807, 2.05) is 18.2 Å². The quantitative estimate of drug-likeness (QED) is 0.881. The number of rotatable bonds is 4. The van der Waals surface area contributed by atoms with E-state index in [9.17, 15) is 0 Å². The topological polar surface area (TPSA) is 51.8 Å². The molecule has 0 bridgehead atoms. The minimum Gasteiger partial charge on any atom is -0.330 e. The number of hydrogen-bond acceptors (Lipinski definition) is 4. The van der Waals surface area contributed by atoms with Crippen LogP contribution in [0.2, 0.25) is 0 Å². The lowest BCUT2D eigenvalue weighted by Crippen LogP contribution is -2.02. The van der Waals surface area contributed by atoms with Crippen molar-refractivity contribution in [2.75, 3.05) is 6.54 Å². The van der Waals surface area contributed by atoms with Crippen molar-refractivity contribution in [3.05, 3.63) is 34.3 Å². The molecular weight excluding hydrogens is 218 g/mol. The fraction of sp³-hybridized carbons (Fsp3) is 0.333. The summed E-state index contributed by atoms with van der Waals surface area (Å²) in [4.78, 5) is 10.2. The van der Waals surface area contributed by atoms with Gasteiger partial charge in [0.2, 0.25) is 0 Å². The zero-order valence-corrected chi connectivity index (χ0v) is 10.1. The molecule has 2 aromatic rings. The summed E-state index contributed by atoms with van der Waals surface area (Å²) in [5, 5.41) is 1.16. The van der Waals surface area contributed by atoms with E-state index < -0.39 is 0 Å². The highest BCUT2D eigenvalue weighted by atomic mass is 32.1. The van der Waals surface area contributed by atoms with Crippen LogP contribution in [0.3, 0.4) is 0 Å². The van der Waals surface area contributed by atoms with Gasteiger partial charge in [-0.3, -0.25) is 4.98 Å². The largest absolute Gasteiger partial charge is 0.330 e.